The van der Waals surface area contributed by atoms with E-state index in [4.69, 9.17) is 12.2 Å². The number of para-hydroxylation sites is 1. The first-order valence-corrected chi connectivity index (χ1v) is 7.38. The van der Waals surface area contributed by atoms with Crippen LogP contribution < -0.4 is 0 Å². The number of fused-ring (bicyclic) bond motifs is 2. The topological polar surface area (TPSA) is 80.8 Å². The maximum Gasteiger partial charge on any atom is 0.421 e. The summed E-state index contributed by atoms with van der Waals surface area (Å²) in [5.41, 5.74) is 1.60. The first-order valence-electron chi connectivity index (χ1n) is 6.98. The van der Waals surface area contributed by atoms with Gasteiger partial charge in [0.2, 0.25) is 5.88 Å². The minimum absolute atomic E-state index is 0.0610. The van der Waals surface area contributed by atoms with Gasteiger partial charge in [-0.2, -0.15) is 0 Å². The van der Waals surface area contributed by atoms with Gasteiger partial charge in [0.05, 0.1) is 5.52 Å². The average molecular weight is 323 g/mol. The molecule has 0 saturated heterocycles. The van der Waals surface area contributed by atoms with Crippen molar-refractivity contribution in [1.29, 1.82) is 0 Å². The van der Waals surface area contributed by atoms with Crippen molar-refractivity contribution in [2.24, 2.45) is 16.0 Å². The third-order valence-corrected chi connectivity index (χ3v) is 4.00. The number of aromatic hydroxyl groups is 1. The fourth-order valence-corrected chi connectivity index (χ4v) is 2.87. The summed E-state index contributed by atoms with van der Waals surface area (Å²) in [4.78, 5) is 19.7. The van der Waals surface area contributed by atoms with E-state index in [9.17, 15) is 9.90 Å². The van der Waals surface area contributed by atoms with E-state index in [1.165, 1.54) is 0 Å². The van der Waals surface area contributed by atoms with Crippen molar-refractivity contribution < 1.29 is 14.6 Å². The summed E-state index contributed by atoms with van der Waals surface area (Å²) in [5, 5.41) is 15.1. The number of nitrogens with one attached hydrogen (secondary N) is 1. The molecule has 0 unspecified atom stereocenters. The Morgan fingerprint density at radius 3 is 3.00 bits per heavy atom. The van der Waals surface area contributed by atoms with Crippen LogP contribution in [0.15, 0.2) is 58.7 Å². The molecule has 0 saturated carbocycles. The number of rotatable bonds is 1. The van der Waals surface area contributed by atoms with Gasteiger partial charge < -0.3 is 10.1 Å². The van der Waals surface area contributed by atoms with Crippen LogP contribution in [0.3, 0.4) is 0 Å². The van der Waals surface area contributed by atoms with Crippen LogP contribution in [0.25, 0.3) is 10.9 Å². The number of amides is 1. The number of hydrogen-bond acceptors (Lipinski definition) is 4. The van der Waals surface area contributed by atoms with E-state index < -0.39 is 5.92 Å². The van der Waals surface area contributed by atoms with Crippen molar-refractivity contribution in [2.75, 3.05) is 0 Å². The maximum absolute atomic E-state index is 12.6. The zero-order valence-electron chi connectivity index (χ0n) is 11.8. The Morgan fingerprint density at radius 1 is 1.30 bits per heavy atom. The number of benzene rings is 1. The molecule has 0 fully saturated rings. The number of aromatic amines is 1. The molecule has 112 valence electrons. The number of aliphatic imine (C=N–C) groups is 1. The highest BCUT2D eigenvalue weighted by molar-refractivity contribution is 7.80. The Morgan fingerprint density at radius 2 is 2.13 bits per heavy atom. The standard InChI is InChI=1S/C16H10N4O2S/c21-14-13(9-5-1-3-7-11(9)17-14)19-20-15(22)10-6-2-4-8-12(10)18-16(20)23/h1-8,10H,(H,17,19,21)/p+1/t10-/m1/s1. The minimum atomic E-state index is -0.497. The maximum atomic E-state index is 12.6. The largest absolute Gasteiger partial charge is 0.493 e. The molecule has 6 nitrogen and oxygen atoms in total. The molecule has 0 radical (unpaired) electrons. The lowest BCUT2D eigenvalue weighted by molar-refractivity contribution is -0.402. The smallest absolute Gasteiger partial charge is 0.421 e. The van der Waals surface area contributed by atoms with E-state index in [1.54, 1.807) is 24.3 Å². The first kappa shape index (κ1) is 13.7. The van der Waals surface area contributed by atoms with Crippen molar-refractivity contribution in [1.82, 2.24) is 4.98 Å². The van der Waals surface area contributed by atoms with Gasteiger partial charge in [0, 0.05) is 17.6 Å². The SMILES string of the molecule is O=C1[C@@H]2C=CC=CC2=NC(=S)[N+]1=Nc1c(O)[nH]c2ccccc12. The molecule has 1 aromatic heterocycles. The van der Waals surface area contributed by atoms with Gasteiger partial charge in [0.25, 0.3) is 0 Å². The van der Waals surface area contributed by atoms with Crippen LogP contribution >= 0.6 is 12.2 Å². The van der Waals surface area contributed by atoms with Gasteiger partial charge in [-0.15, -0.1) is 0 Å². The predicted molar refractivity (Wildman–Crippen MR) is 89.1 cm³/mol. The Balaban J connectivity index is 1.88. The van der Waals surface area contributed by atoms with Crippen molar-refractivity contribution in [3.8, 4) is 5.88 Å². The predicted octanol–water partition coefficient (Wildman–Crippen LogP) is 2.98. The van der Waals surface area contributed by atoms with Crippen LogP contribution in [0.4, 0.5) is 5.69 Å². The second kappa shape index (κ2) is 5.06. The average Bonchev–Trinajstić information content (AvgIpc) is 2.87. The fraction of sp³-hybridized carbons (Fsp3) is 0.0625. The minimum Gasteiger partial charge on any atom is -0.493 e. The number of nitrogens with zero attached hydrogens (tertiary/aromatic N) is 3. The summed E-state index contributed by atoms with van der Waals surface area (Å²) in [6.07, 6.45) is 7.11. The summed E-state index contributed by atoms with van der Waals surface area (Å²) in [6.45, 7) is 0. The molecule has 2 N–H and O–H groups in total. The van der Waals surface area contributed by atoms with Crippen LogP contribution in [0, 0.1) is 5.92 Å². The number of carbonyl (C=O) groups excluding carboxylic acids is 1. The lowest BCUT2D eigenvalue weighted by atomic mass is 9.96. The van der Waals surface area contributed by atoms with Gasteiger partial charge in [-0.05, 0) is 21.8 Å². The number of thiocarbonyl (C=S) groups is 1. The Kier molecular flexibility index (Phi) is 3.02. The molecule has 0 spiro atoms. The van der Waals surface area contributed by atoms with E-state index >= 15 is 0 Å². The van der Waals surface area contributed by atoms with Crippen LogP contribution in [-0.4, -0.2) is 31.5 Å². The van der Waals surface area contributed by atoms with E-state index in [0.717, 1.165) is 10.2 Å². The second-order valence-electron chi connectivity index (χ2n) is 5.16. The lowest BCUT2D eigenvalue weighted by Crippen LogP contribution is -2.39. The van der Waals surface area contributed by atoms with Crippen molar-refractivity contribution in [3.05, 3.63) is 48.6 Å². The van der Waals surface area contributed by atoms with Gasteiger partial charge in [-0.1, -0.05) is 41.5 Å². The molecule has 23 heavy (non-hydrogen) atoms. The van der Waals surface area contributed by atoms with E-state index in [-0.39, 0.29) is 22.6 Å². The zero-order valence-corrected chi connectivity index (χ0v) is 12.6. The molecule has 2 aromatic rings. The summed E-state index contributed by atoms with van der Waals surface area (Å²) >= 11 is 5.19. The van der Waals surface area contributed by atoms with Crippen molar-refractivity contribution in [3.63, 3.8) is 0 Å². The molecule has 0 bridgehead atoms. The Hall–Kier alpha value is -2.93. The molecule has 1 atom stereocenters. The monoisotopic (exact) mass is 323 g/mol. The van der Waals surface area contributed by atoms with Gasteiger partial charge in [0.15, 0.2) is 11.4 Å². The Labute approximate surface area is 136 Å². The van der Waals surface area contributed by atoms with Crippen molar-refractivity contribution in [2.45, 2.75) is 0 Å². The lowest BCUT2D eigenvalue weighted by Gasteiger charge is -2.13. The second-order valence-corrected chi connectivity index (χ2v) is 5.52. The van der Waals surface area contributed by atoms with E-state index in [2.05, 4.69) is 15.1 Å². The van der Waals surface area contributed by atoms with Gasteiger partial charge in [0.1, 0.15) is 5.92 Å². The van der Waals surface area contributed by atoms with Crippen LogP contribution in [-0.2, 0) is 4.79 Å². The highest BCUT2D eigenvalue weighted by atomic mass is 32.1. The fourth-order valence-electron chi connectivity index (χ4n) is 2.64. The molecule has 1 amide bonds. The highest BCUT2D eigenvalue weighted by Gasteiger charge is 2.41. The third kappa shape index (κ3) is 2.13. The zero-order chi connectivity index (χ0) is 16.0. The number of carbonyl (C=O) groups is 1. The summed E-state index contributed by atoms with van der Waals surface area (Å²) in [5.74, 6) is -0.899. The number of azo groups is 2. The normalized spacial score (nSPS) is 21.8. The Bertz CT molecular complexity index is 981. The molecule has 1 aliphatic heterocycles. The summed E-state index contributed by atoms with van der Waals surface area (Å²) < 4.78 is 1.07. The van der Waals surface area contributed by atoms with E-state index in [0.29, 0.717) is 11.1 Å². The van der Waals surface area contributed by atoms with Crippen LogP contribution in [0.2, 0.25) is 0 Å². The summed E-state index contributed by atoms with van der Waals surface area (Å²) in [7, 11) is 0. The van der Waals surface area contributed by atoms with Gasteiger partial charge >= 0.3 is 11.0 Å². The van der Waals surface area contributed by atoms with Gasteiger partial charge in [-0.25, -0.2) is 4.79 Å². The third-order valence-electron chi connectivity index (χ3n) is 3.74. The number of hydrogen-bond donors (Lipinski definition) is 2. The highest BCUT2D eigenvalue weighted by Crippen LogP contribution is 2.35. The molecule has 4 rings (SSSR count). The van der Waals surface area contributed by atoms with E-state index in [1.807, 2.05) is 24.3 Å². The number of H-pyrrole nitrogens is 1. The molecular weight excluding hydrogens is 312 g/mol. The first-order chi connectivity index (χ1) is 11.1. The van der Waals surface area contributed by atoms with Gasteiger partial charge in [-0.3, -0.25) is 0 Å². The van der Waals surface area contributed by atoms with Crippen LogP contribution in [0.1, 0.15) is 0 Å². The summed E-state index contributed by atoms with van der Waals surface area (Å²) in [6, 6.07) is 7.29. The molecule has 2 aliphatic rings. The molecule has 2 heterocycles. The number of allylic oxidation sites excluding steroid dienone is 3. The van der Waals surface area contributed by atoms with Crippen molar-refractivity contribution >= 4 is 45.5 Å². The quantitative estimate of drug-likeness (QED) is 0.625. The molecule has 1 aromatic carbocycles. The molecular formula is C16H11N4O2S+. The molecule has 7 heteroatoms. The van der Waals surface area contributed by atoms with Crippen LogP contribution in [0.5, 0.6) is 5.88 Å². The molecule has 1 aliphatic carbocycles. The number of aromatic nitrogens is 1.